The van der Waals surface area contributed by atoms with Crippen molar-refractivity contribution >= 4 is 0 Å². The van der Waals surface area contributed by atoms with Crippen LogP contribution in [0.3, 0.4) is 0 Å². The van der Waals surface area contributed by atoms with Crippen LogP contribution in [-0.2, 0) is 6.42 Å². The number of pyridine rings is 1. The maximum atomic E-state index is 13.6. The highest BCUT2D eigenvalue weighted by molar-refractivity contribution is 5.37. The summed E-state index contributed by atoms with van der Waals surface area (Å²) in [6.45, 7) is 2.96. The summed E-state index contributed by atoms with van der Waals surface area (Å²) in [5, 5.41) is 3.45. The van der Waals surface area contributed by atoms with Crippen LogP contribution in [0.25, 0.3) is 0 Å². The van der Waals surface area contributed by atoms with E-state index < -0.39 is 0 Å². The molecule has 1 heterocycles. The average molecular weight is 288 g/mol. The van der Waals surface area contributed by atoms with E-state index in [2.05, 4.69) is 17.2 Å². The molecule has 0 fully saturated rings. The van der Waals surface area contributed by atoms with Crippen LogP contribution < -0.4 is 10.1 Å². The first-order valence-corrected chi connectivity index (χ1v) is 7.21. The van der Waals surface area contributed by atoms with Gasteiger partial charge in [-0.05, 0) is 43.3 Å². The normalized spacial score (nSPS) is 12.1. The summed E-state index contributed by atoms with van der Waals surface area (Å²) in [7, 11) is 1.61. The Kier molecular flexibility index (Phi) is 5.69. The highest BCUT2D eigenvalue weighted by Gasteiger charge is 2.17. The Labute approximate surface area is 125 Å². The van der Waals surface area contributed by atoms with Gasteiger partial charge >= 0.3 is 0 Å². The third-order valence-electron chi connectivity index (χ3n) is 3.35. The molecule has 0 aliphatic rings. The van der Waals surface area contributed by atoms with Crippen LogP contribution in [0, 0.1) is 5.82 Å². The molecule has 3 nitrogen and oxygen atoms in total. The first-order chi connectivity index (χ1) is 10.2. The molecule has 0 radical (unpaired) electrons. The summed E-state index contributed by atoms with van der Waals surface area (Å²) in [5.41, 5.74) is 1.80. The molecule has 2 rings (SSSR count). The number of ether oxygens (including phenoxy) is 1. The quantitative estimate of drug-likeness (QED) is 0.846. The largest absolute Gasteiger partial charge is 0.496 e. The number of rotatable bonds is 7. The van der Waals surface area contributed by atoms with Gasteiger partial charge in [0.15, 0.2) is 0 Å². The van der Waals surface area contributed by atoms with Crippen LogP contribution in [0.1, 0.15) is 30.6 Å². The number of benzene rings is 1. The second-order valence-corrected chi connectivity index (χ2v) is 4.92. The van der Waals surface area contributed by atoms with Crippen molar-refractivity contribution in [1.29, 1.82) is 0 Å². The van der Waals surface area contributed by atoms with Crippen molar-refractivity contribution < 1.29 is 9.13 Å². The summed E-state index contributed by atoms with van der Waals surface area (Å²) in [6.07, 6.45) is 3.48. The lowest BCUT2D eigenvalue weighted by atomic mass is 10.00. The zero-order valence-corrected chi connectivity index (χ0v) is 12.5. The first-order valence-electron chi connectivity index (χ1n) is 7.21. The second kappa shape index (κ2) is 7.74. The molecule has 0 bridgehead atoms. The van der Waals surface area contributed by atoms with Crippen LogP contribution in [0.5, 0.6) is 5.75 Å². The zero-order chi connectivity index (χ0) is 15.1. The summed E-state index contributed by atoms with van der Waals surface area (Å²) in [4.78, 5) is 4.36. The number of halogens is 1. The van der Waals surface area contributed by atoms with E-state index >= 15 is 0 Å². The number of nitrogens with one attached hydrogen (secondary N) is 1. The molecule has 1 atom stereocenters. The van der Waals surface area contributed by atoms with Gasteiger partial charge in [0.05, 0.1) is 7.11 Å². The van der Waals surface area contributed by atoms with E-state index in [1.54, 1.807) is 19.4 Å². The Morgan fingerprint density at radius 3 is 2.81 bits per heavy atom. The van der Waals surface area contributed by atoms with Gasteiger partial charge in [0.1, 0.15) is 11.6 Å². The number of aromatic nitrogens is 1. The van der Waals surface area contributed by atoms with E-state index in [1.165, 1.54) is 12.1 Å². The highest BCUT2D eigenvalue weighted by atomic mass is 19.1. The standard InChI is InChI=1S/C17H21FN2O/c1-3-9-20-16(12-14-6-4-5-10-19-14)15-11-13(18)7-8-17(15)21-2/h4-8,10-11,16,20H,3,9,12H2,1-2H3. The Balaban J connectivity index is 2.28. The van der Waals surface area contributed by atoms with Gasteiger partial charge in [-0.2, -0.15) is 0 Å². The van der Waals surface area contributed by atoms with Gasteiger partial charge in [0.2, 0.25) is 0 Å². The Hall–Kier alpha value is -1.94. The molecular weight excluding hydrogens is 267 g/mol. The number of methoxy groups -OCH3 is 1. The van der Waals surface area contributed by atoms with E-state index in [1.807, 2.05) is 18.2 Å². The maximum Gasteiger partial charge on any atom is 0.123 e. The predicted molar refractivity (Wildman–Crippen MR) is 81.9 cm³/mol. The Morgan fingerprint density at radius 2 is 2.14 bits per heavy atom. The number of hydrogen-bond acceptors (Lipinski definition) is 3. The zero-order valence-electron chi connectivity index (χ0n) is 12.5. The van der Waals surface area contributed by atoms with E-state index in [0.29, 0.717) is 12.2 Å². The van der Waals surface area contributed by atoms with Crippen molar-refractivity contribution in [3.63, 3.8) is 0 Å². The summed E-state index contributed by atoms with van der Waals surface area (Å²) >= 11 is 0. The molecule has 21 heavy (non-hydrogen) atoms. The fraction of sp³-hybridized carbons (Fsp3) is 0.353. The molecule has 112 valence electrons. The SMILES string of the molecule is CCCNC(Cc1ccccn1)c1cc(F)ccc1OC. The van der Waals surface area contributed by atoms with Gasteiger partial charge in [-0.1, -0.05) is 13.0 Å². The lowest BCUT2D eigenvalue weighted by Crippen LogP contribution is -2.25. The predicted octanol–water partition coefficient (Wildman–Crippen LogP) is 3.51. The summed E-state index contributed by atoms with van der Waals surface area (Å²) in [6, 6.07) is 10.4. The molecule has 0 saturated heterocycles. The van der Waals surface area contributed by atoms with Crippen molar-refractivity contribution in [3.8, 4) is 5.75 Å². The van der Waals surface area contributed by atoms with Crippen molar-refractivity contribution in [1.82, 2.24) is 10.3 Å². The molecule has 1 unspecified atom stereocenters. The molecule has 1 aromatic heterocycles. The molecule has 2 aromatic rings. The molecule has 1 aromatic carbocycles. The average Bonchev–Trinajstić information content (AvgIpc) is 2.52. The molecule has 0 aliphatic carbocycles. The third kappa shape index (κ3) is 4.26. The minimum absolute atomic E-state index is 0.0227. The van der Waals surface area contributed by atoms with Crippen molar-refractivity contribution in [2.24, 2.45) is 0 Å². The first kappa shape index (κ1) is 15.4. The number of hydrogen-bond donors (Lipinski definition) is 1. The van der Waals surface area contributed by atoms with Gasteiger partial charge in [0, 0.05) is 29.9 Å². The Bertz CT molecular complexity index is 560. The molecule has 4 heteroatoms. The molecule has 0 saturated carbocycles. The lowest BCUT2D eigenvalue weighted by Gasteiger charge is -2.21. The number of nitrogens with zero attached hydrogens (tertiary/aromatic N) is 1. The summed E-state index contributed by atoms with van der Waals surface area (Å²) in [5.74, 6) is 0.441. The van der Waals surface area contributed by atoms with Crippen LogP contribution in [-0.4, -0.2) is 18.6 Å². The van der Waals surface area contributed by atoms with Gasteiger partial charge < -0.3 is 10.1 Å². The highest BCUT2D eigenvalue weighted by Crippen LogP contribution is 2.28. The van der Waals surface area contributed by atoms with Crippen LogP contribution in [0.4, 0.5) is 4.39 Å². The summed E-state index contributed by atoms with van der Waals surface area (Å²) < 4.78 is 19.0. The van der Waals surface area contributed by atoms with E-state index in [4.69, 9.17) is 4.74 Å². The minimum atomic E-state index is -0.255. The topological polar surface area (TPSA) is 34.2 Å². The van der Waals surface area contributed by atoms with Crippen molar-refractivity contribution in [2.75, 3.05) is 13.7 Å². The molecule has 0 aliphatic heterocycles. The van der Waals surface area contributed by atoms with Crippen LogP contribution in [0.2, 0.25) is 0 Å². The smallest absolute Gasteiger partial charge is 0.123 e. The fourth-order valence-electron chi connectivity index (χ4n) is 2.32. The van der Waals surface area contributed by atoms with E-state index in [-0.39, 0.29) is 11.9 Å². The minimum Gasteiger partial charge on any atom is -0.496 e. The lowest BCUT2D eigenvalue weighted by molar-refractivity contribution is 0.396. The monoisotopic (exact) mass is 288 g/mol. The van der Waals surface area contributed by atoms with Crippen molar-refractivity contribution in [2.45, 2.75) is 25.8 Å². The van der Waals surface area contributed by atoms with Crippen LogP contribution in [0.15, 0.2) is 42.6 Å². The maximum absolute atomic E-state index is 13.6. The third-order valence-corrected chi connectivity index (χ3v) is 3.35. The van der Waals surface area contributed by atoms with Gasteiger partial charge in [0.25, 0.3) is 0 Å². The Morgan fingerprint density at radius 1 is 1.29 bits per heavy atom. The van der Waals surface area contributed by atoms with E-state index in [9.17, 15) is 4.39 Å². The molecule has 0 spiro atoms. The van der Waals surface area contributed by atoms with Gasteiger partial charge in [-0.15, -0.1) is 0 Å². The van der Waals surface area contributed by atoms with E-state index in [0.717, 1.165) is 24.2 Å². The molecule has 1 N–H and O–H groups in total. The second-order valence-electron chi connectivity index (χ2n) is 4.92. The fourth-order valence-corrected chi connectivity index (χ4v) is 2.32. The molecule has 0 amide bonds. The van der Waals surface area contributed by atoms with Gasteiger partial charge in [-0.3, -0.25) is 4.98 Å². The van der Waals surface area contributed by atoms with Crippen molar-refractivity contribution in [3.05, 3.63) is 59.7 Å². The van der Waals surface area contributed by atoms with Gasteiger partial charge in [-0.25, -0.2) is 4.39 Å². The van der Waals surface area contributed by atoms with Crippen LogP contribution >= 0.6 is 0 Å². The molecular formula is C17H21FN2O.